The lowest BCUT2D eigenvalue weighted by atomic mass is 10.1. The molecule has 1 N–H and O–H groups in total. The number of unbranched alkanes of at least 4 members (excludes halogenated alkanes) is 1. The molecule has 2 aromatic carbocycles. The fourth-order valence-corrected chi connectivity index (χ4v) is 3.62. The monoisotopic (exact) mass is 428 g/mol. The number of para-hydroxylation sites is 2. The normalized spacial score (nSPS) is 10.9. The van der Waals surface area contributed by atoms with Crippen molar-refractivity contribution in [2.75, 3.05) is 6.61 Å². The second-order valence-electron chi connectivity index (χ2n) is 7.87. The number of imidazole rings is 1. The number of hydrogen-bond donors (Lipinski definition) is 1. The first-order valence-electron chi connectivity index (χ1n) is 11.0. The van der Waals surface area contributed by atoms with Gasteiger partial charge >= 0.3 is 0 Å². The highest BCUT2D eigenvalue weighted by Crippen LogP contribution is 2.19. The molecule has 0 aliphatic heterocycles. The first kappa shape index (κ1) is 21.6. The van der Waals surface area contributed by atoms with Crippen molar-refractivity contribution in [3.05, 3.63) is 89.5 Å². The second kappa shape index (κ2) is 10.1. The number of fused-ring (bicyclic) bond motifs is 1. The van der Waals surface area contributed by atoms with E-state index in [2.05, 4.69) is 46.9 Å². The molecule has 1 amide bonds. The van der Waals surface area contributed by atoms with Crippen LogP contribution in [0, 0.1) is 13.8 Å². The summed E-state index contributed by atoms with van der Waals surface area (Å²) in [7, 11) is 0. The van der Waals surface area contributed by atoms with Crippen LogP contribution in [-0.4, -0.2) is 27.0 Å². The van der Waals surface area contributed by atoms with Crippen LogP contribution in [-0.2, 0) is 13.1 Å². The molecule has 4 rings (SSSR count). The van der Waals surface area contributed by atoms with E-state index in [1.54, 1.807) is 24.4 Å². The van der Waals surface area contributed by atoms with Crippen LogP contribution in [0.2, 0.25) is 0 Å². The number of nitrogens with zero attached hydrogens (tertiary/aromatic N) is 3. The molecule has 6 nitrogen and oxygen atoms in total. The van der Waals surface area contributed by atoms with Gasteiger partial charge in [0.25, 0.3) is 5.91 Å². The number of aromatic nitrogens is 3. The summed E-state index contributed by atoms with van der Waals surface area (Å²) in [5, 5.41) is 2.94. The van der Waals surface area contributed by atoms with E-state index in [0.717, 1.165) is 42.0 Å². The Bertz CT molecular complexity index is 1200. The summed E-state index contributed by atoms with van der Waals surface area (Å²) in [6, 6.07) is 19.6. The van der Waals surface area contributed by atoms with Gasteiger partial charge in [-0.2, -0.15) is 0 Å². The minimum absolute atomic E-state index is 0.203. The van der Waals surface area contributed by atoms with Crippen LogP contribution >= 0.6 is 0 Å². The topological polar surface area (TPSA) is 69.0 Å². The first-order valence-corrected chi connectivity index (χ1v) is 11.0. The number of rotatable bonds is 9. The van der Waals surface area contributed by atoms with E-state index < -0.39 is 0 Å². The zero-order chi connectivity index (χ0) is 22.3. The Morgan fingerprint density at radius 1 is 1.00 bits per heavy atom. The Morgan fingerprint density at radius 3 is 2.66 bits per heavy atom. The van der Waals surface area contributed by atoms with Gasteiger partial charge < -0.3 is 14.6 Å². The van der Waals surface area contributed by atoms with Crippen LogP contribution < -0.4 is 10.1 Å². The molecule has 2 aromatic heterocycles. The molecule has 0 bridgehead atoms. The first-order chi connectivity index (χ1) is 15.6. The molecule has 0 fully saturated rings. The van der Waals surface area contributed by atoms with E-state index in [0.29, 0.717) is 18.8 Å². The summed E-state index contributed by atoms with van der Waals surface area (Å²) in [5.74, 6) is 1.55. The van der Waals surface area contributed by atoms with Crippen LogP contribution in [0.4, 0.5) is 0 Å². The van der Waals surface area contributed by atoms with Gasteiger partial charge in [-0.25, -0.2) is 4.98 Å². The Hall–Kier alpha value is -3.67. The lowest BCUT2D eigenvalue weighted by molar-refractivity contribution is 0.0944. The third-order valence-electron chi connectivity index (χ3n) is 5.56. The van der Waals surface area contributed by atoms with Crippen molar-refractivity contribution in [1.29, 1.82) is 0 Å². The highest BCUT2D eigenvalue weighted by Gasteiger charge is 2.12. The van der Waals surface area contributed by atoms with Gasteiger partial charge in [0.15, 0.2) is 0 Å². The Balaban J connectivity index is 1.36. The average molecular weight is 429 g/mol. The maximum Gasteiger partial charge on any atom is 0.270 e. The van der Waals surface area contributed by atoms with Crippen molar-refractivity contribution in [2.45, 2.75) is 39.8 Å². The van der Waals surface area contributed by atoms with Gasteiger partial charge in [-0.1, -0.05) is 24.3 Å². The molecule has 4 aromatic rings. The predicted octanol–water partition coefficient (Wildman–Crippen LogP) is 4.84. The van der Waals surface area contributed by atoms with Crippen molar-refractivity contribution >= 4 is 16.9 Å². The Morgan fingerprint density at radius 2 is 1.84 bits per heavy atom. The van der Waals surface area contributed by atoms with E-state index in [9.17, 15) is 4.79 Å². The SMILES string of the molecule is Cc1ccc(OCCCCn2c(CNC(=O)c3ccccn3)nc3ccccc32)cc1C. The lowest BCUT2D eigenvalue weighted by Crippen LogP contribution is -2.25. The summed E-state index contributed by atoms with van der Waals surface area (Å²) in [6.45, 7) is 6.03. The fraction of sp³-hybridized carbons (Fsp3) is 0.269. The number of hydrogen-bond acceptors (Lipinski definition) is 4. The summed E-state index contributed by atoms with van der Waals surface area (Å²) in [5.41, 5.74) is 4.92. The van der Waals surface area contributed by atoms with Crippen LogP contribution in [0.15, 0.2) is 66.9 Å². The van der Waals surface area contributed by atoms with Crippen molar-refractivity contribution in [3.63, 3.8) is 0 Å². The molecule has 0 atom stereocenters. The molecular weight excluding hydrogens is 400 g/mol. The summed E-state index contributed by atoms with van der Waals surface area (Å²) in [6.07, 6.45) is 3.50. The zero-order valence-corrected chi connectivity index (χ0v) is 18.5. The molecule has 6 heteroatoms. The summed E-state index contributed by atoms with van der Waals surface area (Å²) >= 11 is 0. The smallest absolute Gasteiger partial charge is 0.270 e. The van der Waals surface area contributed by atoms with Gasteiger partial charge in [0.2, 0.25) is 0 Å². The van der Waals surface area contributed by atoms with Crippen molar-refractivity contribution < 1.29 is 9.53 Å². The molecule has 164 valence electrons. The largest absolute Gasteiger partial charge is 0.494 e. The van der Waals surface area contributed by atoms with Crippen LogP contribution in [0.1, 0.15) is 40.3 Å². The number of nitrogens with one attached hydrogen (secondary N) is 1. The van der Waals surface area contributed by atoms with Crippen molar-refractivity contribution in [2.24, 2.45) is 0 Å². The number of aryl methyl sites for hydroxylation is 3. The molecular formula is C26H28N4O2. The molecule has 0 aliphatic rings. The Labute approximate surface area is 188 Å². The average Bonchev–Trinajstić information content (AvgIpc) is 3.17. The van der Waals surface area contributed by atoms with Crippen LogP contribution in [0.5, 0.6) is 5.75 Å². The number of carbonyl (C=O) groups excluding carboxylic acids is 1. The van der Waals surface area contributed by atoms with Crippen molar-refractivity contribution in [1.82, 2.24) is 19.9 Å². The number of carbonyl (C=O) groups is 1. The van der Waals surface area contributed by atoms with E-state index in [4.69, 9.17) is 9.72 Å². The van der Waals surface area contributed by atoms with E-state index in [-0.39, 0.29) is 5.91 Å². The molecule has 2 heterocycles. The summed E-state index contributed by atoms with van der Waals surface area (Å²) in [4.78, 5) is 21.2. The van der Waals surface area contributed by atoms with Gasteiger partial charge in [0.1, 0.15) is 17.3 Å². The van der Waals surface area contributed by atoms with Gasteiger partial charge in [-0.15, -0.1) is 0 Å². The minimum Gasteiger partial charge on any atom is -0.494 e. The van der Waals surface area contributed by atoms with Gasteiger partial charge in [0, 0.05) is 12.7 Å². The van der Waals surface area contributed by atoms with Crippen molar-refractivity contribution in [3.8, 4) is 5.75 Å². The van der Waals surface area contributed by atoms with E-state index >= 15 is 0 Å². The van der Waals surface area contributed by atoms with Gasteiger partial charge in [-0.3, -0.25) is 9.78 Å². The lowest BCUT2D eigenvalue weighted by Gasteiger charge is -2.11. The number of pyridine rings is 1. The van der Waals surface area contributed by atoms with E-state index in [1.165, 1.54) is 11.1 Å². The molecule has 0 radical (unpaired) electrons. The predicted molar refractivity (Wildman–Crippen MR) is 126 cm³/mol. The minimum atomic E-state index is -0.203. The quantitative estimate of drug-likeness (QED) is 0.388. The standard InChI is InChI=1S/C26H28N4O2/c1-19-12-13-21(17-20(19)2)32-16-8-7-15-30-24-11-4-3-9-22(24)29-25(30)18-28-26(31)23-10-5-6-14-27-23/h3-6,9-14,17H,7-8,15-16,18H2,1-2H3,(H,28,31). The summed E-state index contributed by atoms with van der Waals surface area (Å²) < 4.78 is 8.10. The molecule has 0 aliphatic carbocycles. The molecule has 32 heavy (non-hydrogen) atoms. The highest BCUT2D eigenvalue weighted by atomic mass is 16.5. The molecule has 0 unspecified atom stereocenters. The highest BCUT2D eigenvalue weighted by molar-refractivity contribution is 5.92. The maximum atomic E-state index is 12.4. The number of benzene rings is 2. The number of amides is 1. The fourth-order valence-electron chi connectivity index (χ4n) is 3.62. The Kier molecular flexibility index (Phi) is 6.80. The maximum absolute atomic E-state index is 12.4. The second-order valence-corrected chi connectivity index (χ2v) is 7.87. The zero-order valence-electron chi connectivity index (χ0n) is 18.5. The molecule has 0 saturated heterocycles. The third-order valence-corrected chi connectivity index (χ3v) is 5.56. The van der Waals surface area contributed by atoms with Gasteiger partial charge in [0.05, 0.1) is 24.2 Å². The number of ether oxygens (including phenoxy) is 1. The van der Waals surface area contributed by atoms with Crippen LogP contribution in [0.25, 0.3) is 11.0 Å². The van der Waals surface area contributed by atoms with Gasteiger partial charge in [-0.05, 0) is 74.2 Å². The van der Waals surface area contributed by atoms with Crippen LogP contribution in [0.3, 0.4) is 0 Å². The molecule has 0 spiro atoms. The van der Waals surface area contributed by atoms with E-state index in [1.807, 2.05) is 24.3 Å². The third kappa shape index (κ3) is 5.14. The molecule has 0 saturated carbocycles.